The molecule has 2 fully saturated rings. The highest BCUT2D eigenvalue weighted by Gasteiger charge is 2.55. The van der Waals surface area contributed by atoms with Crippen molar-refractivity contribution in [2.24, 2.45) is 5.92 Å². The summed E-state index contributed by atoms with van der Waals surface area (Å²) in [6, 6.07) is -2.29. The van der Waals surface area contributed by atoms with E-state index in [1.54, 1.807) is 0 Å². The van der Waals surface area contributed by atoms with Gasteiger partial charge in [-0.15, -0.1) is 0 Å². The van der Waals surface area contributed by atoms with Gasteiger partial charge in [0, 0.05) is 61.5 Å². The van der Waals surface area contributed by atoms with Crippen LogP contribution in [0.3, 0.4) is 0 Å². The van der Waals surface area contributed by atoms with Gasteiger partial charge < -0.3 is 48.5 Å². The molecule has 17 nitrogen and oxygen atoms in total. The van der Waals surface area contributed by atoms with Gasteiger partial charge in [-0.2, -0.15) is 0 Å². The monoisotopic (exact) mass is 646 g/mol. The summed E-state index contributed by atoms with van der Waals surface area (Å²) < 4.78 is 45.1. The van der Waals surface area contributed by atoms with Gasteiger partial charge >= 0.3 is 29.8 Å². The molecule has 1 aliphatic carbocycles. The van der Waals surface area contributed by atoms with Crippen molar-refractivity contribution in [2.45, 2.75) is 110 Å². The van der Waals surface area contributed by atoms with Gasteiger partial charge in [-0.05, 0) is 6.42 Å². The SMILES string of the molecule is CO[C@@H]1O[C@H](COC(C)=O)[C@@H](O[C@@H]2C[C@H](COC(C)=O)[C@@H](OC(C)=O)[C@H](OC(C)=O)[C@H]2NC(C)=O)[C@H](OC(C)=O)[C@H]1NC(C)=O. The lowest BCUT2D eigenvalue weighted by molar-refractivity contribution is -0.288. The molecule has 1 saturated carbocycles. The van der Waals surface area contributed by atoms with E-state index >= 15 is 0 Å². The van der Waals surface area contributed by atoms with Crippen molar-refractivity contribution in [3.8, 4) is 0 Å². The van der Waals surface area contributed by atoms with Gasteiger partial charge in [-0.1, -0.05) is 0 Å². The first kappa shape index (κ1) is 37.4. The minimum atomic E-state index is -1.34. The molecule has 45 heavy (non-hydrogen) atoms. The first-order valence-electron chi connectivity index (χ1n) is 14.2. The Kier molecular flexibility index (Phi) is 14.1. The van der Waals surface area contributed by atoms with Gasteiger partial charge in [0.05, 0.1) is 18.8 Å². The zero-order chi connectivity index (χ0) is 34.0. The van der Waals surface area contributed by atoms with Crippen LogP contribution in [0.1, 0.15) is 54.9 Å². The molecule has 2 amide bonds. The van der Waals surface area contributed by atoms with E-state index in [9.17, 15) is 33.6 Å². The van der Waals surface area contributed by atoms with Crippen LogP contribution in [0.2, 0.25) is 0 Å². The van der Waals surface area contributed by atoms with E-state index in [0.717, 1.165) is 20.8 Å². The van der Waals surface area contributed by atoms with E-state index in [4.69, 9.17) is 37.9 Å². The number of esters is 5. The maximum absolute atomic E-state index is 12.4. The second-order valence-electron chi connectivity index (χ2n) is 10.7. The Balaban J connectivity index is 2.69. The molecule has 10 atom stereocenters. The molecule has 0 radical (unpaired) electrons. The van der Waals surface area contributed by atoms with Gasteiger partial charge in [-0.25, -0.2) is 0 Å². The minimum absolute atomic E-state index is 0.0595. The van der Waals surface area contributed by atoms with Crippen LogP contribution in [0.15, 0.2) is 0 Å². The van der Waals surface area contributed by atoms with E-state index in [0.29, 0.717) is 0 Å². The number of carbonyl (C=O) groups excluding carboxylic acids is 7. The molecule has 17 heteroatoms. The molecule has 0 aromatic heterocycles. The average Bonchev–Trinajstić information content (AvgIpc) is 2.90. The van der Waals surface area contributed by atoms with Crippen LogP contribution < -0.4 is 10.6 Å². The quantitative estimate of drug-likeness (QED) is 0.193. The fraction of sp³-hybridized carbons (Fsp3) is 0.750. The molecule has 0 bridgehead atoms. The Hall–Kier alpha value is -3.83. The zero-order valence-electron chi connectivity index (χ0n) is 26.5. The first-order valence-corrected chi connectivity index (χ1v) is 14.2. The third kappa shape index (κ3) is 11.2. The minimum Gasteiger partial charge on any atom is -0.465 e. The number of hydrogen-bond donors (Lipinski definition) is 2. The van der Waals surface area contributed by atoms with E-state index in [1.165, 1.54) is 34.8 Å². The van der Waals surface area contributed by atoms with Crippen molar-refractivity contribution in [2.75, 3.05) is 20.3 Å². The molecule has 1 heterocycles. The summed E-state index contributed by atoms with van der Waals surface area (Å²) in [4.78, 5) is 84.7. The third-order valence-corrected chi connectivity index (χ3v) is 6.89. The summed E-state index contributed by atoms with van der Waals surface area (Å²) in [5.74, 6) is -5.46. The number of ether oxygens (including phenoxy) is 8. The van der Waals surface area contributed by atoms with E-state index in [1.807, 2.05) is 0 Å². The van der Waals surface area contributed by atoms with Crippen LogP contribution in [0.5, 0.6) is 0 Å². The standard InChI is InChI=1S/C28H42N2O15/c1-12(31)29-22-20(9-19(10-39-14(3)33)24(41-16(5)35)26(22)42-17(6)36)44-25-21(11-40-15(4)34)45-28(38-8)23(30-13(2)32)27(25)43-18(7)37/h19-28H,9-11H2,1-8H3,(H,29,31)(H,30,32)/t19-,20-,21-,22+,23-,24-,25-,26-,27-,28-/m1/s1. The Morgan fingerprint density at radius 2 is 1.09 bits per heavy atom. The van der Waals surface area contributed by atoms with Gasteiger partial charge in [-0.3, -0.25) is 33.6 Å². The number of amides is 2. The van der Waals surface area contributed by atoms with Crippen molar-refractivity contribution in [3.05, 3.63) is 0 Å². The Bertz CT molecular complexity index is 1110. The normalized spacial score (nSPS) is 31.0. The molecule has 2 N–H and O–H groups in total. The molecule has 254 valence electrons. The highest BCUT2D eigenvalue weighted by Crippen LogP contribution is 2.36. The lowest BCUT2D eigenvalue weighted by Crippen LogP contribution is -2.69. The Labute approximate surface area is 260 Å². The van der Waals surface area contributed by atoms with Crippen molar-refractivity contribution in [1.29, 1.82) is 0 Å². The average molecular weight is 647 g/mol. The zero-order valence-corrected chi connectivity index (χ0v) is 26.5. The highest BCUT2D eigenvalue weighted by molar-refractivity contribution is 5.74. The van der Waals surface area contributed by atoms with Crippen molar-refractivity contribution in [3.63, 3.8) is 0 Å². The topological polar surface area (TPSA) is 217 Å². The van der Waals surface area contributed by atoms with Crippen molar-refractivity contribution >= 4 is 41.7 Å². The molecule has 2 aliphatic rings. The fourth-order valence-electron chi connectivity index (χ4n) is 5.41. The molecule has 1 saturated heterocycles. The van der Waals surface area contributed by atoms with Crippen LogP contribution in [0, 0.1) is 5.92 Å². The van der Waals surface area contributed by atoms with E-state index in [2.05, 4.69) is 10.6 Å². The number of nitrogens with one attached hydrogen (secondary N) is 2. The molecule has 1 aliphatic heterocycles. The number of methoxy groups -OCH3 is 1. The largest absolute Gasteiger partial charge is 0.465 e. The lowest BCUT2D eigenvalue weighted by atomic mass is 9.78. The molecular weight excluding hydrogens is 604 g/mol. The van der Waals surface area contributed by atoms with Crippen molar-refractivity contribution < 1.29 is 71.5 Å². The van der Waals surface area contributed by atoms with Crippen molar-refractivity contribution in [1.82, 2.24) is 10.6 Å². The molecular formula is C28H42N2O15. The predicted octanol–water partition coefficient (Wildman–Crippen LogP) is -0.938. The number of rotatable bonds is 12. The summed E-state index contributed by atoms with van der Waals surface area (Å²) >= 11 is 0. The number of carbonyl (C=O) groups is 7. The fourth-order valence-corrected chi connectivity index (χ4v) is 5.41. The molecule has 2 rings (SSSR count). The third-order valence-electron chi connectivity index (χ3n) is 6.89. The first-order chi connectivity index (χ1) is 21.0. The van der Waals surface area contributed by atoms with Gasteiger partial charge in [0.15, 0.2) is 18.5 Å². The van der Waals surface area contributed by atoms with Crippen LogP contribution in [0.4, 0.5) is 0 Å². The number of hydrogen-bond acceptors (Lipinski definition) is 15. The lowest BCUT2D eigenvalue weighted by Gasteiger charge is -2.49. The summed E-state index contributed by atoms with van der Waals surface area (Å²) in [6.45, 7) is 7.48. The predicted molar refractivity (Wildman–Crippen MR) is 148 cm³/mol. The Morgan fingerprint density at radius 1 is 0.622 bits per heavy atom. The summed E-state index contributed by atoms with van der Waals surface area (Å²) in [5, 5.41) is 5.31. The van der Waals surface area contributed by atoms with Crippen LogP contribution in [-0.2, 0) is 71.5 Å². The second-order valence-corrected chi connectivity index (χ2v) is 10.7. The van der Waals surface area contributed by atoms with Crippen LogP contribution in [-0.4, -0.2) is 117 Å². The highest BCUT2D eigenvalue weighted by atomic mass is 16.7. The summed E-state index contributed by atoms with van der Waals surface area (Å²) in [5.41, 5.74) is 0. The maximum Gasteiger partial charge on any atom is 0.303 e. The van der Waals surface area contributed by atoms with Gasteiger partial charge in [0.25, 0.3) is 0 Å². The molecule has 0 spiro atoms. The van der Waals surface area contributed by atoms with Gasteiger partial charge in [0.2, 0.25) is 11.8 Å². The Morgan fingerprint density at radius 3 is 1.56 bits per heavy atom. The smallest absolute Gasteiger partial charge is 0.303 e. The summed E-state index contributed by atoms with van der Waals surface area (Å²) in [7, 11) is 1.29. The summed E-state index contributed by atoms with van der Waals surface area (Å²) in [6.07, 6.45) is -8.63. The van der Waals surface area contributed by atoms with Crippen LogP contribution in [0.25, 0.3) is 0 Å². The van der Waals surface area contributed by atoms with E-state index < -0.39 is 109 Å². The maximum atomic E-state index is 12.4. The second kappa shape index (κ2) is 17.0. The van der Waals surface area contributed by atoms with E-state index in [-0.39, 0.29) is 13.0 Å². The molecule has 0 aromatic rings. The van der Waals surface area contributed by atoms with Crippen LogP contribution >= 0.6 is 0 Å². The molecule has 0 unspecified atom stereocenters. The molecule has 0 aromatic carbocycles. The van der Waals surface area contributed by atoms with Gasteiger partial charge in [0.1, 0.15) is 31.0 Å².